The van der Waals surface area contributed by atoms with Crippen molar-refractivity contribution in [2.75, 3.05) is 0 Å². The fourth-order valence-corrected chi connectivity index (χ4v) is 0. The van der Waals surface area contributed by atoms with Gasteiger partial charge in [-0.1, -0.05) is 0 Å². The van der Waals surface area contributed by atoms with Gasteiger partial charge in [-0.05, 0) is 0 Å². The van der Waals surface area contributed by atoms with Gasteiger partial charge in [0.1, 0.15) is 0 Å². The van der Waals surface area contributed by atoms with Crippen molar-refractivity contribution < 1.29 is 160 Å². The summed E-state index contributed by atoms with van der Waals surface area (Å²) in [6, 6.07) is 0. The smallest absolute Gasteiger partial charge is 1.00 e. The van der Waals surface area contributed by atoms with Crippen LogP contribution in [0.1, 0.15) is 0 Å². The van der Waals surface area contributed by atoms with Crippen molar-refractivity contribution in [3.8, 4) is 0 Å². The zero-order valence-electron chi connectivity index (χ0n) is 4.30. The van der Waals surface area contributed by atoms with Crippen molar-refractivity contribution >= 4 is 0 Å². The molecule has 0 N–H and O–H groups in total. The molecule has 0 aromatic heterocycles. The van der Waals surface area contributed by atoms with Crippen LogP contribution in [0.5, 0.6) is 0 Å². The van der Waals surface area contributed by atoms with Gasteiger partial charge in [0.2, 0.25) is 0 Å². The zero-order valence-corrected chi connectivity index (χ0v) is 18.2. The molecule has 40 valence electrons. The van der Waals surface area contributed by atoms with E-state index in [0.29, 0.717) is 0 Å². The SMILES string of the molecule is [Cd+2].[Cl-].[Cl-].[Cl-].[Cl-].[Cl-].[K+].[Zn+2]. The van der Waals surface area contributed by atoms with E-state index >= 15 is 0 Å². The predicted octanol–water partition coefficient (Wildman–Crippen LogP) is -18.0. The third kappa shape index (κ3) is 46.0. The average molecular weight is 394 g/mol. The van der Waals surface area contributed by atoms with Crippen molar-refractivity contribution in [3.05, 3.63) is 0 Å². The molecule has 0 aromatic rings. The van der Waals surface area contributed by atoms with Crippen LogP contribution in [0.15, 0.2) is 0 Å². The minimum atomic E-state index is 0. The first-order valence-electron chi connectivity index (χ1n) is 0. The number of hydrogen-bond donors (Lipinski definition) is 0. The fourth-order valence-electron chi connectivity index (χ4n) is 0. The van der Waals surface area contributed by atoms with Gasteiger partial charge < -0.3 is 62.0 Å². The van der Waals surface area contributed by atoms with Gasteiger partial charge in [-0.25, -0.2) is 0 Å². The topological polar surface area (TPSA) is 0 Å². The van der Waals surface area contributed by atoms with Gasteiger partial charge in [0.05, 0.1) is 0 Å². The number of rotatable bonds is 0. The van der Waals surface area contributed by atoms with Gasteiger partial charge in [-0.15, -0.1) is 0 Å². The van der Waals surface area contributed by atoms with Crippen molar-refractivity contribution in [3.63, 3.8) is 0 Å². The molecular formula is CdCl5KZn. The first kappa shape index (κ1) is 79.7. The Labute approximate surface area is 156 Å². The van der Waals surface area contributed by atoms with Gasteiger partial charge in [-0.3, -0.25) is 0 Å². The van der Waals surface area contributed by atoms with Crippen LogP contribution in [0.4, 0.5) is 0 Å². The molecule has 0 heterocycles. The molecule has 0 atom stereocenters. The monoisotopic (exact) mass is 392 g/mol. The number of halogens is 5. The Morgan fingerprint density at radius 1 is 0.500 bits per heavy atom. The summed E-state index contributed by atoms with van der Waals surface area (Å²) in [6.45, 7) is 0. The Bertz CT molecular complexity index is 12.4. The maximum absolute atomic E-state index is 0. The van der Waals surface area contributed by atoms with Crippen LogP contribution in [-0.4, -0.2) is 0 Å². The zero-order chi connectivity index (χ0) is 0. The van der Waals surface area contributed by atoms with E-state index in [1.807, 2.05) is 0 Å². The molecule has 0 unspecified atom stereocenters. The maximum atomic E-state index is 0. The summed E-state index contributed by atoms with van der Waals surface area (Å²) in [6.07, 6.45) is 0. The third-order valence-corrected chi connectivity index (χ3v) is 0. The number of hydrogen-bond acceptors (Lipinski definition) is 0. The van der Waals surface area contributed by atoms with Gasteiger partial charge in [-0.2, -0.15) is 0 Å². The molecule has 0 aromatic carbocycles. The maximum Gasteiger partial charge on any atom is 2.00 e. The third-order valence-electron chi connectivity index (χ3n) is 0. The van der Waals surface area contributed by atoms with Crippen molar-refractivity contribution in [2.45, 2.75) is 0 Å². The molecule has 0 aliphatic carbocycles. The standard InChI is InChI=1S/Cd.5ClH.K.Zn/h;5*1H;;/q+2;;;;;;+1;+2/p-5. The summed E-state index contributed by atoms with van der Waals surface area (Å²) in [5.41, 5.74) is 0. The van der Waals surface area contributed by atoms with Crippen molar-refractivity contribution in [1.29, 1.82) is 0 Å². The normalized spacial score (nSPS) is 0. The van der Waals surface area contributed by atoms with Crippen LogP contribution in [0.3, 0.4) is 0 Å². The van der Waals surface area contributed by atoms with Gasteiger partial charge >= 0.3 is 98.2 Å². The van der Waals surface area contributed by atoms with E-state index in [0.717, 1.165) is 0 Å². The molecular weight excluding hydrogens is 394 g/mol. The molecule has 0 nitrogen and oxygen atoms in total. The molecule has 0 saturated heterocycles. The molecule has 8 heteroatoms. The van der Waals surface area contributed by atoms with Crippen molar-refractivity contribution in [2.24, 2.45) is 0 Å². The molecule has 0 amide bonds. The molecule has 0 bridgehead atoms. The first-order chi connectivity index (χ1) is 0. The second-order valence-corrected chi connectivity index (χ2v) is 0. The van der Waals surface area contributed by atoms with Gasteiger partial charge in [0, 0.05) is 0 Å². The van der Waals surface area contributed by atoms with E-state index < -0.39 is 0 Å². The summed E-state index contributed by atoms with van der Waals surface area (Å²) in [5, 5.41) is 0. The van der Waals surface area contributed by atoms with Gasteiger partial charge in [0.25, 0.3) is 0 Å². The quantitative estimate of drug-likeness (QED) is 0.358. The molecule has 0 aliphatic rings. The Hall–Kier alpha value is 4.63. The first-order valence-corrected chi connectivity index (χ1v) is 0. The second-order valence-electron chi connectivity index (χ2n) is 0. The predicted molar refractivity (Wildman–Crippen MR) is 0 cm³/mol. The summed E-state index contributed by atoms with van der Waals surface area (Å²) >= 11 is 0. The Kier molecular flexibility index (Phi) is 610. The molecule has 0 saturated carbocycles. The average Bonchev–Trinajstić information content (AvgIpc) is 0. The molecule has 0 rings (SSSR count). The van der Waals surface area contributed by atoms with Crippen LogP contribution in [0.2, 0.25) is 0 Å². The molecule has 0 spiro atoms. The fraction of sp³-hybridized carbons (Fsp3) is 0. The Morgan fingerprint density at radius 3 is 0.500 bits per heavy atom. The molecule has 0 fully saturated rings. The van der Waals surface area contributed by atoms with Crippen LogP contribution in [0, 0.1) is 0 Å². The van der Waals surface area contributed by atoms with Crippen LogP contribution in [0.25, 0.3) is 0 Å². The van der Waals surface area contributed by atoms with E-state index in [1.165, 1.54) is 0 Å². The van der Waals surface area contributed by atoms with Crippen LogP contribution >= 0.6 is 0 Å². The molecule has 8 heavy (non-hydrogen) atoms. The largest absolute Gasteiger partial charge is 2.00 e. The summed E-state index contributed by atoms with van der Waals surface area (Å²) in [7, 11) is 0. The minimum absolute atomic E-state index is 0. The molecule has 0 radical (unpaired) electrons. The van der Waals surface area contributed by atoms with Gasteiger partial charge in [0.15, 0.2) is 0 Å². The Balaban J connectivity index is 0. The molecule has 0 aliphatic heterocycles. The van der Waals surface area contributed by atoms with E-state index in [4.69, 9.17) is 0 Å². The summed E-state index contributed by atoms with van der Waals surface area (Å²) in [5.74, 6) is 0. The van der Waals surface area contributed by atoms with Crippen molar-refractivity contribution in [1.82, 2.24) is 0 Å². The summed E-state index contributed by atoms with van der Waals surface area (Å²) in [4.78, 5) is 0. The van der Waals surface area contributed by atoms with E-state index in [9.17, 15) is 0 Å². The summed E-state index contributed by atoms with van der Waals surface area (Å²) < 4.78 is 0. The van der Waals surface area contributed by atoms with Crippen LogP contribution < -0.4 is 113 Å². The van der Waals surface area contributed by atoms with E-state index in [2.05, 4.69) is 0 Å². The van der Waals surface area contributed by atoms with E-state index in [1.54, 1.807) is 0 Å². The second kappa shape index (κ2) is 61.3. The van der Waals surface area contributed by atoms with E-state index in [-0.39, 0.29) is 160 Å². The Morgan fingerprint density at radius 2 is 0.500 bits per heavy atom. The minimum Gasteiger partial charge on any atom is -1.00 e. The van der Waals surface area contributed by atoms with Crippen LogP contribution in [-0.2, 0) is 46.8 Å².